The summed E-state index contributed by atoms with van der Waals surface area (Å²) in [5, 5.41) is 3.56. The summed E-state index contributed by atoms with van der Waals surface area (Å²) in [5.41, 5.74) is 2.78. The quantitative estimate of drug-likeness (QED) is 0.932. The van der Waals surface area contributed by atoms with E-state index in [-0.39, 0.29) is 11.9 Å². The smallest absolute Gasteiger partial charge is 0.239 e. The maximum absolute atomic E-state index is 12.5. The molecule has 2 atom stereocenters. The van der Waals surface area contributed by atoms with Crippen molar-refractivity contribution in [1.82, 2.24) is 10.2 Å². The van der Waals surface area contributed by atoms with Crippen LogP contribution in [-0.4, -0.2) is 35.7 Å². The summed E-state index contributed by atoms with van der Waals surface area (Å²) in [6.07, 6.45) is 3.57. The van der Waals surface area contributed by atoms with Crippen LogP contribution in [0.5, 0.6) is 0 Å². The van der Waals surface area contributed by atoms with Gasteiger partial charge in [-0.25, -0.2) is 0 Å². The van der Waals surface area contributed by atoms with Gasteiger partial charge in [0, 0.05) is 30.6 Å². The molecule has 1 N–H and O–H groups in total. The number of carbonyl (C=O) groups is 1. The topological polar surface area (TPSA) is 32.3 Å². The molecule has 0 aromatic heterocycles. The van der Waals surface area contributed by atoms with E-state index in [1.54, 1.807) is 0 Å². The van der Waals surface area contributed by atoms with E-state index in [2.05, 4.69) is 29.6 Å². The highest BCUT2D eigenvalue weighted by atomic mass is 32.2. The van der Waals surface area contributed by atoms with Crippen LogP contribution >= 0.6 is 11.8 Å². The predicted molar refractivity (Wildman–Crippen MR) is 88.4 cm³/mol. The third-order valence-corrected chi connectivity index (χ3v) is 5.55. The van der Waals surface area contributed by atoms with Crippen molar-refractivity contribution >= 4 is 17.7 Å². The molecule has 2 aliphatic heterocycles. The Morgan fingerprint density at radius 2 is 2.05 bits per heavy atom. The summed E-state index contributed by atoms with van der Waals surface area (Å²) < 4.78 is 0. The number of nitrogens with one attached hydrogen (secondary N) is 1. The number of amides is 1. The Morgan fingerprint density at radius 3 is 2.86 bits per heavy atom. The molecular formula is C17H24N2OS. The molecule has 1 fully saturated rings. The molecule has 2 heterocycles. The van der Waals surface area contributed by atoms with Crippen molar-refractivity contribution in [2.75, 3.05) is 18.8 Å². The maximum Gasteiger partial charge on any atom is 0.239 e. The average molecular weight is 304 g/mol. The summed E-state index contributed by atoms with van der Waals surface area (Å²) in [4.78, 5) is 14.6. The zero-order chi connectivity index (χ0) is 14.7. The molecule has 1 aromatic rings. The van der Waals surface area contributed by atoms with Crippen LogP contribution < -0.4 is 5.32 Å². The van der Waals surface area contributed by atoms with Crippen molar-refractivity contribution in [2.45, 2.75) is 44.0 Å². The van der Waals surface area contributed by atoms with Crippen molar-refractivity contribution in [3.05, 3.63) is 35.4 Å². The van der Waals surface area contributed by atoms with E-state index in [1.807, 2.05) is 23.6 Å². The zero-order valence-corrected chi connectivity index (χ0v) is 13.5. The van der Waals surface area contributed by atoms with Crippen molar-refractivity contribution in [1.29, 1.82) is 0 Å². The van der Waals surface area contributed by atoms with Crippen LogP contribution in [0.1, 0.15) is 43.4 Å². The molecule has 0 spiro atoms. The number of carbonyl (C=O) groups excluding carboxylic acids is 1. The standard InChI is InChI=1S/C17H24N2OS/c1-13(17(20)19-9-5-2-6-10-19)18-16-12-21-11-14-7-3-4-8-15(14)16/h3-4,7-8,13,16,18H,2,5-6,9-12H2,1H3. The molecule has 2 unspecified atom stereocenters. The fraction of sp³-hybridized carbons (Fsp3) is 0.588. The number of rotatable bonds is 3. The Bertz CT molecular complexity index is 499. The summed E-state index contributed by atoms with van der Waals surface area (Å²) in [5.74, 6) is 2.40. The number of benzene rings is 1. The molecule has 2 aliphatic rings. The van der Waals surface area contributed by atoms with Gasteiger partial charge in [0.2, 0.25) is 5.91 Å². The zero-order valence-electron chi connectivity index (χ0n) is 12.7. The van der Waals surface area contributed by atoms with Crippen molar-refractivity contribution in [3.8, 4) is 0 Å². The van der Waals surface area contributed by atoms with Gasteiger partial charge in [0.25, 0.3) is 0 Å². The summed E-state index contributed by atoms with van der Waals surface area (Å²) in [7, 11) is 0. The van der Waals surface area contributed by atoms with E-state index >= 15 is 0 Å². The van der Waals surface area contributed by atoms with E-state index in [0.29, 0.717) is 6.04 Å². The third kappa shape index (κ3) is 3.43. The summed E-state index contributed by atoms with van der Waals surface area (Å²) in [6.45, 7) is 3.88. The van der Waals surface area contributed by atoms with Gasteiger partial charge < -0.3 is 4.90 Å². The molecule has 0 bridgehead atoms. The highest BCUT2D eigenvalue weighted by molar-refractivity contribution is 7.98. The first kappa shape index (κ1) is 14.9. The molecule has 0 aliphatic carbocycles. The van der Waals surface area contributed by atoms with Crippen LogP contribution in [0.25, 0.3) is 0 Å². The van der Waals surface area contributed by atoms with E-state index in [0.717, 1.165) is 37.4 Å². The van der Waals surface area contributed by atoms with Crippen LogP contribution in [0.3, 0.4) is 0 Å². The van der Waals surface area contributed by atoms with Crippen LogP contribution in [0.4, 0.5) is 0 Å². The normalized spacial score (nSPS) is 23.5. The summed E-state index contributed by atoms with van der Waals surface area (Å²) in [6, 6.07) is 8.80. The average Bonchev–Trinajstić information content (AvgIpc) is 2.55. The Balaban J connectivity index is 1.65. The van der Waals surface area contributed by atoms with Gasteiger partial charge in [0.1, 0.15) is 0 Å². The van der Waals surface area contributed by atoms with Gasteiger partial charge in [0.15, 0.2) is 0 Å². The first-order valence-electron chi connectivity index (χ1n) is 7.96. The van der Waals surface area contributed by atoms with E-state index in [4.69, 9.17) is 0 Å². The Morgan fingerprint density at radius 1 is 1.29 bits per heavy atom. The van der Waals surface area contributed by atoms with Crippen molar-refractivity contribution in [2.24, 2.45) is 0 Å². The SMILES string of the molecule is CC(NC1CSCc2ccccc21)C(=O)N1CCCCC1. The lowest BCUT2D eigenvalue weighted by Crippen LogP contribution is -2.48. The number of thioether (sulfide) groups is 1. The van der Waals surface area contributed by atoms with E-state index in [9.17, 15) is 4.79 Å². The van der Waals surface area contributed by atoms with Crippen LogP contribution in [0, 0.1) is 0 Å². The fourth-order valence-corrected chi connectivity index (χ4v) is 4.39. The predicted octanol–water partition coefficient (Wildman–Crippen LogP) is 2.97. The van der Waals surface area contributed by atoms with Crippen LogP contribution in [0.15, 0.2) is 24.3 Å². The second-order valence-electron chi connectivity index (χ2n) is 6.04. The molecule has 3 rings (SSSR count). The number of nitrogens with zero attached hydrogens (tertiary/aromatic N) is 1. The molecule has 0 saturated carbocycles. The Hall–Kier alpha value is -1.00. The molecule has 114 valence electrons. The lowest BCUT2D eigenvalue weighted by atomic mass is 10.0. The largest absolute Gasteiger partial charge is 0.341 e. The minimum absolute atomic E-state index is 0.0974. The maximum atomic E-state index is 12.5. The first-order valence-corrected chi connectivity index (χ1v) is 9.11. The molecule has 1 aromatic carbocycles. The van der Waals surface area contributed by atoms with E-state index in [1.165, 1.54) is 17.5 Å². The molecule has 0 radical (unpaired) electrons. The molecule has 1 saturated heterocycles. The Labute approximate surface area is 131 Å². The molecule has 3 nitrogen and oxygen atoms in total. The van der Waals surface area contributed by atoms with Gasteiger partial charge in [-0.15, -0.1) is 0 Å². The van der Waals surface area contributed by atoms with Gasteiger partial charge in [-0.3, -0.25) is 10.1 Å². The van der Waals surface area contributed by atoms with Gasteiger partial charge in [-0.05, 0) is 37.3 Å². The van der Waals surface area contributed by atoms with Gasteiger partial charge >= 0.3 is 0 Å². The van der Waals surface area contributed by atoms with Crippen LogP contribution in [-0.2, 0) is 10.5 Å². The number of likely N-dealkylation sites (tertiary alicyclic amines) is 1. The number of hydrogen-bond acceptors (Lipinski definition) is 3. The van der Waals surface area contributed by atoms with Crippen LogP contribution in [0.2, 0.25) is 0 Å². The van der Waals surface area contributed by atoms with Crippen molar-refractivity contribution < 1.29 is 4.79 Å². The molecule has 1 amide bonds. The second-order valence-corrected chi connectivity index (χ2v) is 7.07. The number of hydrogen-bond donors (Lipinski definition) is 1. The second kappa shape index (κ2) is 6.84. The number of fused-ring (bicyclic) bond motifs is 1. The first-order chi connectivity index (χ1) is 10.3. The molecule has 4 heteroatoms. The highest BCUT2D eigenvalue weighted by Gasteiger charge is 2.27. The lowest BCUT2D eigenvalue weighted by molar-refractivity contribution is -0.134. The minimum Gasteiger partial charge on any atom is -0.341 e. The van der Waals surface area contributed by atoms with Gasteiger partial charge in [0.05, 0.1) is 6.04 Å². The minimum atomic E-state index is -0.0974. The monoisotopic (exact) mass is 304 g/mol. The van der Waals surface area contributed by atoms with Crippen molar-refractivity contribution in [3.63, 3.8) is 0 Å². The summed E-state index contributed by atoms with van der Waals surface area (Å²) >= 11 is 1.95. The molecule has 21 heavy (non-hydrogen) atoms. The Kier molecular flexibility index (Phi) is 4.86. The van der Waals surface area contributed by atoms with Gasteiger partial charge in [-0.1, -0.05) is 24.3 Å². The van der Waals surface area contributed by atoms with Gasteiger partial charge in [-0.2, -0.15) is 11.8 Å². The fourth-order valence-electron chi connectivity index (χ4n) is 3.28. The lowest BCUT2D eigenvalue weighted by Gasteiger charge is -2.33. The highest BCUT2D eigenvalue weighted by Crippen LogP contribution is 2.31. The molecular weight excluding hydrogens is 280 g/mol. The number of piperidine rings is 1. The third-order valence-electron chi connectivity index (χ3n) is 4.46. The van der Waals surface area contributed by atoms with E-state index < -0.39 is 0 Å².